The maximum absolute atomic E-state index is 11.6. The van der Waals surface area contributed by atoms with Crippen molar-refractivity contribution in [3.05, 3.63) is 0 Å². The normalized spacial score (nSPS) is 16.2. The number of hydrogen-bond donors (Lipinski definition) is 2. The van der Waals surface area contributed by atoms with Crippen molar-refractivity contribution in [1.82, 2.24) is 10.6 Å². The minimum Gasteiger partial charge on any atom is -0.352 e. The summed E-state index contributed by atoms with van der Waals surface area (Å²) in [5, 5.41) is 5.97. The zero-order chi connectivity index (χ0) is 11.8. The highest BCUT2D eigenvalue weighted by molar-refractivity contribution is 5.81. The monoisotopic (exact) mass is 210 g/mol. The standard InChI is InChI=1S/C12H22N2O/c1-6-8-10(4)14-12(15)11(5)13-9(3)7-2/h2,9-11,13H,6,8H2,1,3-5H3,(H,14,15). The second-order valence-electron chi connectivity index (χ2n) is 3.98. The van der Waals surface area contributed by atoms with Crippen molar-refractivity contribution in [3.8, 4) is 12.3 Å². The van der Waals surface area contributed by atoms with Crippen LogP contribution in [0.2, 0.25) is 0 Å². The van der Waals surface area contributed by atoms with Gasteiger partial charge in [0.2, 0.25) is 5.91 Å². The van der Waals surface area contributed by atoms with E-state index in [-0.39, 0.29) is 24.0 Å². The van der Waals surface area contributed by atoms with Crippen LogP contribution >= 0.6 is 0 Å². The summed E-state index contributed by atoms with van der Waals surface area (Å²) in [6.07, 6.45) is 7.30. The molecule has 0 aromatic carbocycles. The van der Waals surface area contributed by atoms with Crippen molar-refractivity contribution in [2.45, 2.75) is 58.7 Å². The van der Waals surface area contributed by atoms with Crippen molar-refractivity contribution in [2.75, 3.05) is 0 Å². The van der Waals surface area contributed by atoms with Gasteiger partial charge in [-0.05, 0) is 27.2 Å². The van der Waals surface area contributed by atoms with Crippen LogP contribution in [0.4, 0.5) is 0 Å². The van der Waals surface area contributed by atoms with Gasteiger partial charge in [0.15, 0.2) is 0 Å². The van der Waals surface area contributed by atoms with Crippen LogP contribution in [0.3, 0.4) is 0 Å². The highest BCUT2D eigenvalue weighted by Crippen LogP contribution is 1.96. The predicted molar refractivity (Wildman–Crippen MR) is 63.4 cm³/mol. The first-order valence-electron chi connectivity index (χ1n) is 5.53. The molecule has 0 aliphatic heterocycles. The Labute approximate surface area is 93.0 Å². The van der Waals surface area contributed by atoms with E-state index in [4.69, 9.17) is 6.42 Å². The fourth-order valence-corrected chi connectivity index (χ4v) is 1.37. The van der Waals surface area contributed by atoms with Gasteiger partial charge in [0, 0.05) is 6.04 Å². The molecule has 0 fully saturated rings. The van der Waals surface area contributed by atoms with E-state index >= 15 is 0 Å². The van der Waals surface area contributed by atoms with E-state index in [0.717, 1.165) is 12.8 Å². The van der Waals surface area contributed by atoms with Gasteiger partial charge in [-0.2, -0.15) is 0 Å². The lowest BCUT2D eigenvalue weighted by Crippen LogP contribution is -2.47. The van der Waals surface area contributed by atoms with E-state index in [2.05, 4.69) is 23.5 Å². The number of terminal acetylenes is 1. The lowest BCUT2D eigenvalue weighted by Gasteiger charge is -2.19. The molecule has 0 saturated carbocycles. The second kappa shape index (κ2) is 7.30. The SMILES string of the molecule is C#CC(C)NC(C)C(=O)NC(C)CCC. The summed E-state index contributed by atoms with van der Waals surface area (Å²) in [5.74, 6) is 2.55. The zero-order valence-electron chi connectivity index (χ0n) is 10.1. The molecule has 86 valence electrons. The number of carbonyl (C=O) groups excluding carboxylic acids is 1. The first kappa shape index (κ1) is 14.0. The Balaban J connectivity index is 3.94. The molecular weight excluding hydrogens is 188 g/mol. The van der Waals surface area contributed by atoms with E-state index in [1.54, 1.807) is 0 Å². The first-order chi connectivity index (χ1) is 7.01. The Morgan fingerprint density at radius 3 is 2.47 bits per heavy atom. The van der Waals surface area contributed by atoms with E-state index < -0.39 is 0 Å². The zero-order valence-corrected chi connectivity index (χ0v) is 10.1. The second-order valence-corrected chi connectivity index (χ2v) is 3.98. The summed E-state index contributed by atoms with van der Waals surface area (Å²) < 4.78 is 0. The quantitative estimate of drug-likeness (QED) is 0.649. The molecule has 3 atom stereocenters. The summed E-state index contributed by atoms with van der Waals surface area (Å²) in [6, 6.07) is -0.0875. The Kier molecular flexibility index (Phi) is 6.81. The van der Waals surface area contributed by atoms with E-state index in [1.807, 2.05) is 20.8 Å². The molecule has 0 saturated heterocycles. The number of hydrogen-bond acceptors (Lipinski definition) is 2. The van der Waals surface area contributed by atoms with Crippen LogP contribution in [0.25, 0.3) is 0 Å². The van der Waals surface area contributed by atoms with Gasteiger partial charge in [-0.25, -0.2) is 0 Å². The van der Waals surface area contributed by atoms with Gasteiger partial charge in [-0.3, -0.25) is 10.1 Å². The summed E-state index contributed by atoms with van der Waals surface area (Å²) >= 11 is 0. The van der Waals surface area contributed by atoms with Gasteiger partial charge in [-0.1, -0.05) is 19.3 Å². The molecule has 0 aliphatic rings. The molecule has 0 bridgehead atoms. The van der Waals surface area contributed by atoms with Crippen LogP contribution in [-0.4, -0.2) is 24.0 Å². The third-order valence-corrected chi connectivity index (χ3v) is 2.25. The van der Waals surface area contributed by atoms with Crippen LogP contribution < -0.4 is 10.6 Å². The molecule has 0 aromatic heterocycles. The fraction of sp³-hybridized carbons (Fsp3) is 0.750. The van der Waals surface area contributed by atoms with Crippen molar-refractivity contribution >= 4 is 5.91 Å². The Bertz CT molecular complexity index is 232. The van der Waals surface area contributed by atoms with Crippen molar-refractivity contribution in [1.29, 1.82) is 0 Å². The molecule has 2 N–H and O–H groups in total. The molecule has 3 heteroatoms. The van der Waals surface area contributed by atoms with Crippen LogP contribution in [0, 0.1) is 12.3 Å². The molecule has 0 rings (SSSR count). The molecule has 0 spiro atoms. The van der Waals surface area contributed by atoms with Gasteiger partial charge in [0.05, 0.1) is 12.1 Å². The smallest absolute Gasteiger partial charge is 0.237 e. The lowest BCUT2D eigenvalue weighted by atomic mass is 10.2. The summed E-state index contributed by atoms with van der Waals surface area (Å²) in [7, 11) is 0. The lowest BCUT2D eigenvalue weighted by molar-refractivity contribution is -0.123. The minimum absolute atomic E-state index is 0.0121. The Morgan fingerprint density at radius 2 is 2.00 bits per heavy atom. The number of carbonyl (C=O) groups is 1. The van der Waals surface area contributed by atoms with E-state index in [9.17, 15) is 4.79 Å². The molecule has 1 amide bonds. The molecule has 0 aliphatic carbocycles. The van der Waals surface area contributed by atoms with Crippen molar-refractivity contribution in [3.63, 3.8) is 0 Å². The predicted octanol–water partition coefficient (Wildman–Crippen LogP) is 1.29. The average Bonchev–Trinajstić information content (AvgIpc) is 2.17. The number of rotatable bonds is 6. The molecular formula is C12H22N2O. The van der Waals surface area contributed by atoms with Gasteiger partial charge in [-0.15, -0.1) is 6.42 Å². The third kappa shape index (κ3) is 6.14. The molecule has 0 radical (unpaired) electrons. The Hall–Kier alpha value is -1.01. The van der Waals surface area contributed by atoms with Crippen LogP contribution in [-0.2, 0) is 4.79 Å². The van der Waals surface area contributed by atoms with Gasteiger partial charge in [0.25, 0.3) is 0 Å². The topological polar surface area (TPSA) is 41.1 Å². The van der Waals surface area contributed by atoms with Gasteiger partial charge < -0.3 is 5.32 Å². The van der Waals surface area contributed by atoms with Crippen LogP contribution in [0.15, 0.2) is 0 Å². The molecule has 15 heavy (non-hydrogen) atoms. The minimum atomic E-state index is -0.240. The highest BCUT2D eigenvalue weighted by Gasteiger charge is 2.15. The summed E-state index contributed by atoms with van der Waals surface area (Å²) in [6.45, 7) is 7.80. The van der Waals surface area contributed by atoms with Gasteiger partial charge >= 0.3 is 0 Å². The fourth-order valence-electron chi connectivity index (χ4n) is 1.37. The van der Waals surface area contributed by atoms with Crippen molar-refractivity contribution < 1.29 is 4.79 Å². The van der Waals surface area contributed by atoms with Crippen LogP contribution in [0.1, 0.15) is 40.5 Å². The number of nitrogens with one attached hydrogen (secondary N) is 2. The maximum atomic E-state index is 11.6. The largest absolute Gasteiger partial charge is 0.352 e. The summed E-state index contributed by atoms with van der Waals surface area (Å²) in [4.78, 5) is 11.6. The van der Waals surface area contributed by atoms with E-state index in [0.29, 0.717) is 0 Å². The van der Waals surface area contributed by atoms with Crippen molar-refractivity contribution in [2.24, 2.45) is 0 Å². The maximum Gasteiger partial charge on any atom is 0.237 e. The molecule has 0 aromatic rings. The molecule has 0 heterocycles. The van der Waals surface area contributed by atoms with Gasteiger partial charge in [0.1, 0.15) is 0 Å². The average molecular weight is 210 g/mol. The first-order valence-corrected chi connectivity index (χ1v) is 5.53. The highest BCUT2D eigenvalue weighted by atomic mass is 16.2. The number of amides is 1. The molecule has 3 nitrogen and oxygen atoms in total. The summed E-state index contributed by atoms with van der Waals surface area (Å²) in [5.41, 5.74) is 0. The molecule has 3 unspecified atom stereocenters. The Morgan fingerprint density at radius 1 is 1.40 bits per heavy atom. The van der Waals surface area contributed by atoms with Crippen LogP contribution in [0.5, 0.6) is 0 Å². The van der Waals surface area contributed by atoms with E-state index in [1.165, 1.54) is 0 Å². The third-order valence-electron chi connectivity index (χ3n) is 2.25.